The van der Waals surface area contributed by atoms with Gasteiger partial charge in [0.25, 0.3) is 0 Å². The summed E-state index contributed by atoms with van der Waals surface area (Å²) in [4.78, 5) is 11.4. The molecule has 0 atom stereocenters. The van der Waals surface area contributed by atoms with Crippen LogP contribution < -0.4 is 5.69 Å². The first-order valence-corrected chi connectivity index (χ1v) is 6.25. The third-order valence-corrected chi connectivity index (χ3v) is 2.96. The standard InChI is InChI=1S/C9H14ClN3OS/c1-2-3-6-13-8(14)11-12-9(13)15-7-4-5-10/h4-5H,2-3,6-7H2,1H3,(H,11,14)/b5-4+. The molecule has 0 fully saturated rings. The van der Waals surface area contributed by atoms with Gasteiger partial charge < -0.3 is 0 Å². The summed E-state index contributed by atoms with van der Waals surface area (Å²) in [6, 6.07) is 0. The van der Waals surface area contributed by atoms with Crippen LogP contribution in [0.25, 0.3) is 0 Å². The van der Waals surface area contributed by atoms with Crippen molar-refractivity contribution in [2.75, 3.05) is 5.75 Å². The molecular formula is C9H14ClN3OS. The van der Waals surface area contributed by atoms with E-state index in [1.165, 1.54) is 17.3 Å². The third-order valence-electron chi connectivity index (χ3n) is 1.86. The van der Waals surface area contributed by atoms with Crippen molar-refractivity contribution in [3.63, 3.8) is 0 Å². The summed E-state index contributed by atoms with van der Waals surface area (Å²) < 4.78 is 1.66. The SMILES string of the molecule is CCCCn1c(SC/C=C/Cl)n[nH]c1=O. The fraction of sp³-hybridized carbons (Fsp3) is 0.556. The summed E-state index contributed by atoms with van der Waals surface area (Å²) in [7, 11) is 0. The fourth-order valence-corrected chi connectivity index (χ4v) is 2.06. The lowest BCUT2D eigenvalue weighted by molar-refractivity contribution is 0.573. The Bertz CT molecular complexity index is 372. The molecule has 1 aromatic rings. The number of aromatic nitrogens is 3. The van der Waals surface area contributed by atoms with Gasteiger partial charge in [0.05, 0.1) is 0 Å². The van der Waals surface area contributed by atoms with E-state index in [1.807, 2.05) is 6.08 Å². The van der Waals surface area contributed by atoms with Gasteiger partial charge in [-0.15, -0.1) is 5.10 Å². The summed E-state index contributed by atoms with van der Waals surface area (Å²) >= 11 is 6.90. The molecule has 0 unspecified atom stereocenters. The van der Waals surface area contributed by atoms with Gasteiger partial charge in [-0.2, -0.15) is 0 Å². The fourth-order valence-electron chi connectivity index (χ4n) is 1.09. The Morgan fingerprint density at radius 1 is 1.67 bits per heavy atom. The van der Waals surface area contributed by atoms with E-state index in [-0.39, 0.29) is 5.69 Å². The molecular weight excluding hydrogens is 234 g/mol. The summed E-state index contributed by atoms with van der Waals surface area (Å²) in [6.45, 7) is 2.81. The van der Waals surface area contributed by atoms with Crippen LogP contribution in [-0.2, 0) is 6.54 Å². The minimum atomic E-state index is -0.138. The lowest BCUT2D eigenvalue weighted by atomic mass is 10.3. The minimum Gasteiger partial charge on any atom is -0.270 e. The molecule has 0 amide bonds. The van der Waals surface area contributed by atoms with Gasteiger partial charge >= 0.3 is 5.69 Å². The average Bonchev–Trinajstić information content (AvgIpc) is 2.58. The van der Waals surface area contributed by atoms with Gasteiger partial charge in [0, 0.05) is 17.8 Å². The predicted molar refractivity (Wildman–Crippen MR) is 63.5 cm³/mol. The van der Waals surface area contributed by atoms with Crippen LogP contribution >= 0.6 is 23.4 Å². The molecule has 0 saturated carbocycles. The van der Waals surface area contributed by atoms with Crippen molar-refractivity contribution in [1.82, 2.24) is 14.8 Å². The molecule has 0 aliphatic heterocycles. The molecule has 1 rings (SSSR count). The molecule has 0 radical (unpaired) electrons. The van der Waals surface area contributed by atoms with Crippen molar-refractivity contribution in [3.8, 4) is 0 Å². The highest BCUT2D eigenvalue weighted by Gasteiger charge is 2.06. The number of H-pyrrole nitrogens is 1. The van der Waals surface area contributed by atoms with E-state index in [4.69, 9.17) is 11.6 Å². The Hall–Kier alpha value is -0.680. The Balaban J connectivity index is 2.65. The Morgan fingerprint density at radius 3 is 3.13 bits per heavy atom. The lowest BCUT2D eigenvalue weighted by Crippen LogP contribution is -2.17. The van der Waals surface area contributed by atoms with Crippen LogP contribution in [0.1, 0.15) is 19.8 Å². The van der Waals surface area contributed by atoms with E-state index < -0.39 is 0 Å². The second-order valence-corrected chi connectivity index (χ2v) is 4.23. The molecule has 0 aliphatic carbocycles. The van der Waals surface area contributed by atoms with Gasteiger partial charge in [0.15, 0.2) is 5.16 Å². The van der Waals surface area contributed by atoms with Crippen molar-refractivity contribution in [2.24, 2.45) is 0 Å². The molecule has 0 aliphatic rings. The van der Waals surface area contributed by atoms with Crippen LogP contribution in [0, 0.1) is 0 Å². The number of nitrogens with zero attached hydrogens (tertiary/aromatic N) is 2. The predicted octanol–water partition coefficient (Wildman–Crippen LogP) is 2.22. The first-order chi connectivity index (χ1) is 7.29. The lowest BCUT2D eigenvalue weighted by Gasteiger charge is -2.02. The number of hydrogen-bond acceptors (Lipinski definition) is 3. The van der Waals surface area contributed by atoms with Crippen molar-refractivity contribution in [2.45, 2.75) is 31.5 Å². The van der Waals surface area contributed by atoms with Crippen LogP contribution in [-0.4, -0.2) is 20.5 Å². The highest BCUT2D eigenvalue weighted by atomic mass is 35.5. The highest BCUT2D eigenvalue weighted by Crippen LogP contribution is 2.13. The van der Waals surface area contributed by atoms with E-state index in [0.717, 1.165) is 30.3 Å². The number of unbranched alkanes of at least 4 members (excludes halogenated alkanes) is 1. The summed E-state index contributed by atoms with van der Waals surface area (Å²) in [5.74, 6) is 0.722. The second kappa shape index (κ2) is 6.74. The number of hydrogen-bond donors (Lipinski definition) is 1. The van der Waals surface area contributed by atoms with Gasteiger partial charge in [0.2, 0.25) is 0 Å². The Labute approximate surface area is 97.7 Å². The van der Waals surface area contributed by atoms with Gasteiger partial charge in [-0.1, -0.05) is 42.8 Å². The molecule has 84 valence electrons. The van der Waals surface area contributed by atoms with Crippen molar-refractivity contribution >= 4 is 23.4 Å². The van der Waals surface area contributed by atoms with Crippen LogP contribution in [0.15, 0.2) is 21.6 Å². The van der Waals surface area contributed by atoms with E-state index in [1.54, 1.807) is 4.57 Å². The molecule has 0 saturated heterocycles. The molecule has 0 spiro atoms. The van der Waals surface area contributed by atoms with E-state index in [2.05, 4.69) is 17.1 Å². The van der Waals surface area contributed by atoms with E-state index in [0.29, 0.717) is 0 Å². The summed E-state index contributed by atoms with van der Waals surface area (Å²) in [5.41, 5.74) is 1.33. The number of nitrogens with one attached hydrogen (secondary N) is 1. The maximum Gasteiger partial charge on any atom is 0.343 e. The molecule has 0 aromatic carbocycles. The van der Waals surface area contributed by atoms with Crippen molar-refractivity contribution in [3.05, 3.63) is 22.1 Å². The smallest absolute Gasteiger partial charge is 0.270 e. The molecule has 1 aromatic heterocycles. The first-order valence-electron chi connectivity index (χ1n) is 4.82. The summed E-state index contributed by atoms with van der Waals surface area (Å²) in [5, 5.41) is 7.13. The molecule has 1 N–H and O–H groups in total. The zero-order valence-corrected chi connectivity index (χ0v) is 10.1. The van der Waals surface area contributed by atoms with Gasteiger partial charge in [-0.3, -0.25) is 4.57 Å². The molecule has 15 heavy (non-hydrogen) atoms. The quantitative estimate of drug-likeness (QED) is 0.785. The largest absolute Gasteiger partial charge is 0.343 e. The number of rotatable bonds is 6. The van der Waals surface area contributed by atoms with Crippen LogP contribution in [0.5, 0.6) is 0 Å². The minimum absolute atomic E-state index is 0.138. The zero-order chi connectivity index (χ0) is 11.1. The monoisotopic (exact) mass is 247 g/mol. The maximum absolute atomic E-state index is 11.4. The first kappa shape index (κ1) is 12.4. The topological polar surface area (TPSA) is 50.7 Å². The highest BCUT2D eigenvalue weighted by molar-refractivity contribution is 7.99. The number of aromatic amines is 1. The summed E-state index contributed by atoms with van der Waals surface area (Å²) in [6.07, 6.45) is 3.86. The Kier molecular flexibility index (Phi) is 5.57. The van der Waals surface area contributed by atoms with E-state index in [9.17, 15) is 4.79 Å². The van der Waals surface area contributed by atoms with Crippen molar-refractivity contribution in [1.29, 1.82) is 0 Å². The van der Waals surface area contributed by atoms with Crippen LogP contribution in [0.3, 0.4) is 0 Å². The van der Waals surface area contributed by atoms with Crippen LogP contribution in [0.4, 0.5) is 0 Å². The molecule has 6 heteroatoms. The number of thioether (sulfide) groups is 1. The molecule has 1 heterocycles. The third kappa shape index (κ3) is 3.76. The van der Waals surface area contributed by atoms with Gasteiger partial charge in [-0.25, -0.2) is 9.89 Å². The van der Waals surface area contributed by atoms with Crippen molar-refractivity contribution < 1.29 is 0 Å². The zero-order valence-electron chi connectivity index (χ0n) is 8.57. The molecule has 0 bridgehead atoms. The molecule has 4 nitrogen and oxygen atoms in total. The second-order valence-electron chi connectivity index (χ2n) is 2.99. The van der Waals surface area contributed by atoms with E-state index >= 15 is 0 Å². The van der Waals surface area contributed by atoms with Crippen LogP contribution in [0.2, 0.25) is 0 Å². The van der Waals surface area contributed by atoms with Gasteiger partial charge in [0.1, 0.15) is 0 Å². The van der Waals surface area contributed by atoms with Gasteiger partial charge in [-0.05, 0) is 6.42 Å². The number of halogens is 1. The maximum atomic E-state index is 11.4. The average molecular weight is 248 g/mol. The normalized spacial score (nSPS) is 11.3. The Morgan fingerprint density at radius 2 is 2.47 bits per heavy atom.